The molecule has 0 spiro atoms. The highest BCUT2D eigenvalue weighted by molar-refractivity contribution is 5.92. The van der Waals surface area contributed by atoms with Gasteiger partial charge in [-0.05, 0) is 30.0 Å². The molecule has 1 aromatic rings. The minimum Gasteiger partial charge on any atom is -0.366 e. The van der Waals surface area contributed by atoms with Gasteiger partial charge >= 0.3 is 0 Å². The third-order valence-electron chi connectivity index (χ3n) is 3.33. The molecule has 5 heteroatoms. The molecule has 1 saturated carbocycles. The lowest BCUT2D eigenvalue weighted by Crippen LogP contribution is -2.38. The molecule has 1 amide bonds. The molecule has 0 aromatic heterocycles. The van der Waals surface area contributed by atoms with Gasteiger partial charge in [0.15, 0.2) is 5.96 Å². The van der Waals surface area contributed by atoms with Crippen molar-refractivity contribution in [1.29, 1.82) is 0 Å². The molecule has 4 N–H and O–H groups in total. The van der Waals surface area contributed by atoms with Gasteiger partial charge in [-0.1, -0.05) is 19.1 Å². The number of hydrogen-bond acceptors (Lipinski definition) is 2. The minimum absolute atomic E-state index is 0.406. The molecule has 0 saturated heterocycles. The van der Waals surface area contributed by atoms with Crippen LogP contribution in [0.4, 0.5) is 0 Å². The van der Waals surface area contributed by atoms with E-state index in [1.165, 1.54) is 6.42 Å². The molecule has 102 valence electrons. The fourth-order valence-corrected chi connectivity index (χ4v) is 1.91. The van der Waals surface area contributed by atoms with Gasteiger partial charge in [0.2, 0.25) is 5.91 Å². The van der Waals surface area contributed by atoms with Gasteiger partial charge in [0, 0.05) is 25.2 Å². The zero-order chi connectivity index (χ0) is 13.8. The van der Waals surface area contributed by atoms with Crippen molar-refractivity contribution in [3.8, 4) is 0 Å². The van der Waals surface area contributed by atoms with Crippen LogP contribution in [0.1, 0.15) is 29.3 Å². The summed E-state index contributed by atoms with van der Waals surface area (Å²) >= 11 is 0. The first-order valence-corrected chi connectivity index (χ1v) is 6.46. The highest BCUT2D eigenvalue weighted by Crippen LogP contribution is 2.28. The number of nitrogens with one attached hydrogen (secondary N) is 2. The van der Waals surface area contributed by atoms with Crippen LogP contribution >= 0.6 is 0 Å². The Labute approximate surface area is 113 Å². The van der Waals surface area contributed by atoms with Crippen LogP contribution in [0, 0.1) is 5.92 Å². The van der Waals surface area contributed by atoms with E-state index in [0.29, 0.717) is 18.2 Å². The summed E-state index contributed by atoms with van der Waals surface area (Å²) in [5, 5.41) is 6.58. The minimum atomic E-state index is -0.406. The van der Waals surface area contributed by atoms with Gasteiger partial charge < -0.3 is 16.4 Å². The average Bonchev–Trinajstić information content (AvgIpc) is 3.10. The topological polar surface area (TPSA) is 79.5 Å². The fourth-order valence-electron chi connectivity index (χ4n) is 1.91. The second-order valence-corrected chi connectivity index (χ2v) is 4.95. The number of rotatable bonds is 4. The van der Waals surface area contributed by atoms with Gasteiger partial charge in [-0.3, -0.25) is 9.79 Å². The van der Waals surface area contributed by atoms with Crippen LogP contribution in [0.5, 0.6) is 0 Å². The summed E-state index contributed by atoms with van der Waals surface area (Å²) in [6.07, 6.45) is 1.19. The first-order valence-electron chi connectivity index (χ1n) is 6.46. The zero-order valence-corrected chi connectivity index (χ0v) is 11.3. The second kappa shape index (κ2) is 5.73. The number of hydrogen-bond donors (Lipinski definition) is 3. The lowest BCUT2D eigenvalue weighted by atomic mass is 10.1. The highest BCUT2D eigenvalue weighted by atomic mass is 16.1. The van der Waals surface area contributed by atoms with Crippen molar-refractivity contribution < 1.29 is 4.79 Å². The van der Waals surface area contributed by atoms with Crippen molar-refractivity contribution in [2.75, 3.05) is 7.05 Å². The molecule has 0 heterocycles. The van der Waals surface area contributed by atoms with E-state index in [9.17, 15) is 4.79 Å². The maximum absolute atomic E-state index is 11.1. The van der Waals surface area contributed by atoms with Crippen LogP contribution < -0.4 is 16.4 Å². The molecule has 2 atom stereocenters. The quantitative estimate of drug-likeness (QED) is 0.555. The van der Waals surface area contributed by atoms with Crippen molar-refractivity contribution in [3.63, 3.8) is 0 Å². The highest BCUT2D eigenvalue weighted by Gasteiger charge is 2.33. The average molecular weight is 260 g/mol. The molecule has 19 heavy (non-hydrogen) atoms. The Kier molecular flexibility index (Phi) is 4.04. The molecule has 1 aliphatic carbocycles. The number of amides is 1. The Morgan fingerprint density at radius 2 is 2.26 bits per heavy atom. The molecule has 1 fully saturated rings. The predicted molar refractivity (Wildman–Crippen MR) is 75.9 cm³/mol. The Morgan fingerprint density at radius 3 is 2.84 bits per heavy atom. The monoisotopic (exact) mass is 260 g/mol. The standard InChI is InChI=1S/C14H20N4O/c1-9-6-12(9)18-14(16-2)17-8-10-4-3-5-11(7-10)13(15)19/h3-5,7,9,12H,6,8H2,1-2H3,(H2,15,19)(H2,16,17,18). The number of guanidine groups is 1. The Morgan fingerprint density at radius 1 is 1.53 bits per heavy atom. The van der Waals surface area contributed by atoms with E-state index >= 15 is 0 Å². The molecule has 1 aromatic carbocycles. The molecule has 0 aliphatic heterocycles. The number of carbonyl (C=O) groups is 1. The van der Waals surface area contributed by atoms with Crippen LogP contribution in [-0.2, 0) is 6.54 Å². The molecular weight excluding hydrogens is 240 g/mol. The molecule has 0 bridgehead atoms. The van der Waals surface area contributed by atoms with Crippen molar-refractivity contribution >= 4 is 11.9 Å². The summed E-state index contributed by atoms with van der Waals surface area (Å²) < 4.78 is 0. The molecule has 1 aliphatic rings. The van der Waals surface area contributed by atoms with Gasteiger partial charge in [-0.25, -0.2) is 0 Å². The van der Waals surface area contributed by atoms with Crippen LogP contribution in [0.3, 0.4) is 0 Å². The van der Waals surface area contributed by atoms with E-state index in [1.54, 1.807) is 19.2 Å². The number of nitrogens with zero attached hydrogens (tertiary/aromatic N) is 1. The van der Waals surface area contributed by atoms with E-state index in [2.05, 4.69) is 22.5 Å². The maximum Gasteiger partial charge on any atom is 0.248 e. The van der Waals surface area contributed by atoms with Crippen molar-refractivity contribution in [2.45, 2.75) is 25.9 Å². The number of nitrogens with two attached hydrogens (primary N) is 1. The number of carbonyl (C=O) groups excluding carboxylic acids is 1. The smallest absolute Gasteiger partial charge is 0.248 e. The SMILES string of the molecule is CN=C(NCc1cccc(C(N)=O)c1)NC1CC1C. The summed E-state index contributed by atoms with van der Waals surface area (Å²) in [6, 6.07) is 7.82. The maximum atomic E-state index is 11.1. The normalized spacial score (nSPS) is 21.9. The van der Waals surface area contributed by atoms with Crippen LogP contribution in [0.2, 0.25) is 0 Å². The Hall–Kier alpha value is -2.04. The van der Waals surface area contributed by atoms with Gasteiger partial charge in [-0.2, -0.15) is 0 Å². The van der Waals surface area contributed by atoms with Crippen molar-refractivity contribution in [3.05, 3.63) is 35.4 Å². The lowest BCUT2D eigenvalue weighted by Gasteiger charge is -2.11. The lowest BCUT2D eigenvalue weighted by molar-refractivity contribution is 0.1000. The summed E-state index contributed by atoms with van der Waals surface area (Å²) in [5.74, 6) is 1.10. The van der Waals surface area contributed by atoms with E-state index < -0.39 is 5.91 Å². The second-order valence-electron chi connectivity index (χ2n) is 4.95. The molecule has 2 rings (SSSR count). The molecule has 5 nitrogen and oxygen atoms in total. The van der Waals surface area contributed by atoms with E-state index in [1.807, 2.05) is 12.1 Å². The first-order chi connectivity index (χ1) is 9.10. The van der Waals surface area contributed by atoms with Crippen molar-refractivity contribution in [2.24, 2.45) is 16.6 Å². The van der Waals surface area contributed by atoms with Crippen LogP contribution in [-0.4, -0.2) is 25.0 Å². The van der Waals surface area contributed by atoms with Gasteiger partial charge in [-0.15, -0.1) is 0 Å². The Bertz CT molecular complexity index is 498. The first kappa shape index (κ1) is 13.4. The third-order valence-corrected chi connectivity index (χ3v) is 3.33. The van der Waals surface area contributed by atoms with E-state index in [-0.39, 0.29) is 0 Å². The fraction of sp³-hybridized carbons (Fsp3) is 0.429. The molecule has 2 unspecified atom stereocenters. The summed E-state index contributed by atoms with van der Waals surface area (Å²) in [4.78, 5) is 15.3. The van der Waals surface area contributed by atoms with Crippen LogP contribution in [0.25, 0.3) is 0 Å². The van der Waals surface area contributed by atoms with Crippen LogP contribution in [0.15, 0.2) is 29.3 Å². The van der Waals surface area contributed by atoms with Gasteiger partial charge in [0.25, 0.3) is 0 Å². The Balaban J connectivity index is 1.90. The molecular formula is C14H20N4O. The van der Waals surface area contributed by atoms with Crippen molar-refractivity contribution in [1.82, 2.24) is 10.6 Å². The van der Waals surface area contributed by atoms with E-state index in [0.717, 1.165) is 17.4 Å². The number of benzene rings is 1. The predicted octanol–water partition coefficient (Wildman–Crippen LogP) is 0.859. The van der Waals surface area contributed by atoms with E-state index in [4.69, 9.17) is 5.73 Å². The largest absolute Gasteiger partial charge is 0.366 e. The number of primary amides is 1. The molecule has 0 radical (unpaired) electrons. The third kappa shape index (κ3) is 3.71. The zero-order valence-electron chi connectivity index (χ0n) is 11.3. The summed E-state index contributed by atoms with van der Waals surface area (Å²) in [6.45, 7) is 2.82. The van der Waals surface area contributed by atoms with Gasteiger partial charge in [0.1, 0.15) is 0 Å². The van der Waals surface area contributed by atoms with Gasteiger partial charge in [0.05, 0.1) is 0 Å². The number of aliphatic imine (C=N–C) groups is 1. The summed E-state index contributed by atoms with van der Waals surface area (Å²) in [7, 11) is 1.75. The summed E-state index contributed by atoms with van der Waals surface area (Å²) in [5.41, 5.74) is 6.79.